The molecule has 4 N–H and O–H groups in total. The van der Waals surface area contributed by atoms with E-state index in [1.54, 1.807) is 62.1 Å². The first kappa shape index (κ1) is 57.0. The molecule has 4 aromatic carbocycles. The fraction of sp³-hybridized carbons (Fsp3) is 0.386. The minimum absolute atomic E-state index is 0.0133. The van der Waals surface area contributed by atoms with Gasteiger partial charge in [-0.25, -0.2) is 0 Å². The SMILES string of the molecule is CC(C)(C)C(NC(=O)c1cc2cc(C(F)(F)P(=O)(O)O)ccc2s1)C(=O)N1C[C@H](OCc2ccccc2)C[C@H]1C(=O)N(CCC(=O)N1CCC(C#Cc2cccc3c2CN(C2CCC(=O)NC2=O)C3=O)CC1)c1ccc(Br)cc1. The van der Waals surface area contributed by atoms with Gasteiger partial charge in [-0.3, -0.25) is 43.4 Å². The number of carbonyl (C=O) groups is 7. The molecule has 0 bridgehead atoms. The van der Waals surface area contributed by atoms with Gasteiger partial charge in [0.15, 0.2) is 0 Å². The molecular weight excluding hydrogens is 1130 g/mol. The van der Waals surface area contributed by atoms with Gasteiger partial charge >= 0.3 is 13.3 Å². The first-order chi connectivity index (χ1) is 37.5. The van der Waals surface area contributed by atoms with Crippen molar-refractivity contribution in [3.63, 3.8) is 0 Å². The number of hydrogen-bond donors (Lipinski definition) is 4. The summed E-state index contributed by atoms with van der Waals surface area (Å²) in [6.07, 6.45) is 1.00. The van der Waals surface area contributed by atoms with Crippen molar-refractivity contribution in [1.82, 2.24) is 25.3 Å². The number of hydrogen-bond acceptors (Lipinski definition) is 10. The Kier molecular flexibility index (Phi) is 16.8. The van der Waals surface area contributed by atoms with Crippen LogP contribution in [-0.2, 0) is 52.1 Å². The molecule has 4 aliphatic rings. The molecule has 0 spiro atoms. The molecule has 22 heteroatoms. The lowest BCUT2D eigenvalue weighted by Crippen LogP contribution is -2.58. The van der Waals surface area contributed by atoms with E-state index in [1.807, 2.05) is 36.4 Å². The Labute approximate surface area is 467 Å². The number of carbonyl (C=O) groups excluding carboxylic acids is 7. The Hall–Kier alpha value is -6.66. The molecule has 4 aliphatic heterocycles. The summed E-state index contributed by atoms with van der Waals surface area (Å²) < 4.78 is 48.5. The maximum atomic E-state index is 15.3. The van der Waals surface area contributed by atoms with Crippen LogP contribution in [0.3, 0.4) is 0 Å². The largest absolute Gasteiger partial charge is 0.399 e. The average Bonchev–Trinajstić information content (AvgIpc) is 4.35. The van der Waals surface area contributed by atoms with E-state index in [0.717, 1.165) is 39.1 Å². The van der Waals surface area contributed by atoms with Crippen LogP contribution in [0.4, 0.5) is 14.5 Å². The van der Waals surface area contributed by atoms with E-state index in [1.165, 1.54) is 26.8 Å². The molecular formula is C57H58BrF2N6O11PS. The number of halogens is 3. The Bertz CT molecular complexity index is 3330. The second-order valence-corrected chi connectivity index (χ2v) is 24.9. The zero-order chi connectivity index (χ0) is 56.6. The molecule has 4 atom stereocenters. The summed E-state index contributed by atoms with van der Waals surface area (Å²) in [7, 11) is -5.87. The van der Waals surface area contributed by atoms with Crippen LogP contribution >= 0.6 is 34.9 Å². The quantitative estimate of drug-likeness (QED) is 0.0479. The van der Waals surface area contributed by atoms with Gasteiger partial charge in [-0.2, -0.15) is 8.78 Å². The number of thiophene rings is 1. The normalized spacial score (nSPS) is 19.4. The number of nitrogens with one attached hydrogen (secondary N) is 2. The highest BCUT2D eigenvalue weighted by Gasteiger charge is 2.51. The van der Waals surface area contributed by atoms with Crippen molar-refractivity contribution in [2.24, 2.45) is 11.3 Å². The van der Waals surface area contributed by atoms with Crippen LogP contribution in [0.1, 0.15) is 102 Å². The van der Waals surface area contributed by atoms with Gasteiger partial charge in [0.05, 0.1) is 17.6 Å². The topological polar surface area (TPSA) is 223 Å². The highest BCUT2D eigenvalue weighted by atomic mass is 79.9. The van der Waals surface area contributed by atoms with Crippen LogP contribution in [0.2, 0.25) is 0 Å². The molecule has 2 unspecified atom stereocenters. The van der Waals surface area contributed by atoms with Crippen molar-refractivity contribution in [2.45, 2.75) is 102 Å². The second kappa shape index (κ2) is 23.2. The minimum atomic E-state index is -5.87. The summed E-state index contributed by atoms with van der Waals surface area (Å²) in [5, 5.41) is 5.31. The molecule has 414 valence electrons. The van der Waals surface area contributed by atoms with Gasteiger partial charge in [-0.05, 0) is 95.8 Å². The van der Waals surface area contributed by atoms with Crippen LogP contribution in [0.25, 0.3) is 10.1 Å². The van der Waals surface area contributed by atoms with Crippen molar-refractivity contribution in [1.29, 1.82) is 0 Å². The number of piperidine rings is 2. The summed E-state index contributed by atoms with van der Waals surface area (Å²) in [6, 6.07) is 23.0. The molecule has 5 aromatic rings. The van der Waals surface area contributed by atoms with E-state index < -0.39 is 72.1 Å². The number of anilines is 1. The highest BCUT2D eigenvalue weighted by molar-refractivity contribution is 9.10. The number of nitrogens with zero attached hydrogens (tertiary/aromatic N) is 4. The zero-order valence-corrected chi connectivity index (χ0v) is 46.8. The lowest BCUT2D eigenvalue weighted by atomic mass is 9.85. The third kappa shape index (κ3) is 12.5. The van der Waals surface area contributed by atoms with E-state index in [0.29, 0.717) is 47.4 Å². The summed E-state index contributed by atoms with van der Waals surface area (Å²) in [4.78, 5) is 121. The standard InChI is InChI=1S/C57H58BrF2N6O11PS/c1-56(2,3)50(62-52(70)47-29-37-28-38(14-20-46(37)79-47)57(59,60)78(74,75)76)55(73)65-31-41(77-33-35-8-5-4-6-9-35)30-45(65)54(72)64(40-17-15-39(58)16-18-40)27-24-49(68)63-25-22-34(23-26-63)12-13-36-10-7-11-42-43(36)32-66(53(42)71)44-19-21-48(67)61-51(44)69/h4-11,14-18,20,28-29,34,41,44-45,50H,19,21-27,30-33H2,1-3H3,(H,62,70)(H,61,67,69)(H2,74,75,76)/t41-,44?,45+,50?/m1/s1. The fourth-order valence-electron chi connectivity index (χ4n) is 10.4. The molecule has 79 heavy (non-hydrogen) atoms. The van der Waals surface area contributed by atoms with Gasteiger partial charge in [0.25, 0.3) is 11.8 Å². The highest BCUT2D eigenvalue weighted by Crippen LogP contribution is 2.59. The van der Waals surface area contributed by atoms with Crippen LogP contribution in [0, 0.1) is 23.2 Å². The summed E-state index contributed by atoms with van der Waals surface area (Å²) in [5.41, 5.74) is -3.09. The number of amides is 7. The smallest absolute Gasteiger partial charge is 0.372 e. The average molecular weight is 1180 g/mol. The monoisotopic (exact) mass is 1180 g/mol. The predicted molar refractivity (Wildman–Crippen MR) is 293 cm³/mol. The van der Waals surface area contributed by atoms with E-state index in [-0.39, 0.29) is 85.8 Å². The number of rotatable bonds is 14. The number of ether oxygens (including phenoxy) is 1. The Morgan fingerprint density at radius 2 is 1.67 bits per heavy atom. The lowest BCUT2D eigenvalue weighted by molar-refractivity contribution is -0.141. The van der Waals surface area contributed by atoms with Gasteiger partial charge in [-0.1, -0.05) is 91.0 Å². The second-order valence-electron chi connectivity index (χ2n) is 21.3. The van der Waals surface area contributed by atoms with Crippen LogP contribution in [0.15, 0.2) is 102 Å². The van der Waals surface area contributed by atoms with Crippen LogP contribution < -0.4 is 15.5 Å². The van der Waals surface area contributed by atoms with Crippen molar-refractivity contribution >= 4 is 92.0 Å². The molecule has 7 amide bonds. The van der Waals surface area contributed by atoms with E-state index in [9.17, 15) is 47.1 Å². The summed E-state index contributed by atoms with van der Waals surface area (Å²) >= 11 is 4.42. The first-order valence-electron chi connectivity index (χ1n) is 25.8. The molecule has 5 heterocycles. The number of alkyl halides is 2. The molecule has 0 saturated carbocycles. The maximum absolute atomic E-state index is 15.3. The first-order valence-corrected chi connectivity index (χ1v) is 29.1. The fourth-order valence-corrected chi connectivity index (χ4v) is 12.1. The lowest BCUT2D eigenvalue weighted by Gasteiger charge is -2.36. The molecule has 17 nitrogen and oxygen atoms in total. The zero-order valence-electron chi connectivity index (χ0n) is 43.5. The molecule has 0 radical (unpaired) electrons. The molecule has 3 fully saturated rings. The van der Waals surface area contributed by atoms with Crippen molar-refractivity contribution < 1.29 is 61.4 Å². The predicted octanol–water partition coefficient (Wildman–Crippen LogP) is 7.70. The Morgan fingerprint density at radius 1 is 0.949 bits per heavy atom. The van der Waals surface area contributed by atoms with Crippen LogP contribution in [0.5, 0.6) is 0 Å². The third-order valence-electron chi connectivity index (χ3n) is 14.8. The molecule has 0 aliphatic carbocycles. The van der Waals surface area contributed by atoms with Crippen molar-refractivity contribution in [3.8, 4) is 11.8 Å². The molecule has 9 rings (SSSR count). The summed E-state index contributed by atoms with van der Waals surface area (Å²) in [6.45, 7) is 6.43. The Morgan fingerprint density at radius 3 is 2.35 bits per heavy atom. The summed E-state index contributed by atoms with van der Waals surface area (Å²) in [5.74, 6) is 3.51. The number of likely N-dealkylation sites (tertiary alicyclic amines) is 2. The number of benzene rings is 4. The number of imide groups is 1. The maximum Gasteiger partial charge on any atom is 0.399 e. The van der Waals surface area contributed by atoms with Gasteiger partial charge in [0.2, 0.25) is 29.5 Å². The number of fused-ring (bicyclic) bond motifs is 2. The van der Waals surface area contributed by atoms with Crippen LogP contribution in [-0.4, -0.2) is 116 Å². The van der Waals surface area contributed by atoms with Gasteiger partial charge in [0, 0.05) is 89.5 Å². The van der Waals surface area contributed by atoms with E-state index in [4.69, 9.17) is 4.74 Å². The van der Waals surface area contributed by atoms with Crippen molar-refractivity contribution in [3.05, 3.63) is 134 Å². The molecule has 3 saturated heterocycles. The molecule has 1 aromatic heterocycles. The third-order valence-corrected chi connectivity index (χ3v) is 17.4. The minimum Gasteiger partial charge on any atom is -0.372 e. The van der Waals surface area contributed by atoms with E-state index in [2.05, 4.69) is 38.4 Å². The van der Waals surface area contributed by atoms with Crippen molar-refractivity contribution in [2.75, 3.05) is 31.1 Å². The Balaban J connectivity index is 0.899. The van der Waals surface area contributed by atoms with Gasteiger partial charge in [-0.15, -0.1) is 11.3 Å². The van der Waals surface area contributed by atoms with Gasteiger partial charge in [0.1, 0.15) is 18.1 Å². The van der Waals surface area contributed by atoms with Gasteiger partial charge < -0.3 is 39.4 Å². The van der Waals surface area contributed by atoms with E-state index >= 15 is 9.59 Å².